The Labute approximate surface area is 132 Å². The third kappa shape index (κ3) is 4.68. The molecule has 0 saturated carbocycles. The molecule has 1 heterocycles. The molecule has 118 valence electrons. The minimum Gasteiger partial charge on any atom is -0.339 e. The van der Waals surface area contributed by atoms with Crippen molar-refractivity contribution in [2.45, 2.75) is 39.3 Å². The highest BCUT2D eigenvalue weighted by Gasteiger charge is 2.28. The van der Waals surface area contributed by atoms with Crippen LogP contribution in [0.25, 0.3) is 0 Å². The zero-order valence-corrected chi connectivity index (χ0v) is 13.6. The Balaban J connectivity index is 0.00000220. The highest BCUT2D eigenvalue weighted by atomic mass is 35.5. The van der Waals surface area contributed by atoms with Gasteiger partial charge in [0.25, 0.3) is 0 Å². The van der Waals surface area contributed by atoms with Crippen LogP contribution in [0.2, 0.25) is 0 Å². The van der Waals surface area contributed by atoms with E-state index in [4.69, 9.17) is 0 Å². The van der Waals surface area contributed by atoms with Gasteiger partial charge in [0.2, 0.25) is 5.91 Å². The lowest BCUT2D eigenvalue weighted by Crippen LogP contribution is -2.56. The van der Waals surface area contributed by atoms with Gasteiger partial charge in [0.1, 0.15) is 5.82 Å². The van der Waals surface area contributed by atoms with Crippen LogP contribution in [0.15, 0.2) is 24.3 Å². The number of benzene rings is 1. The van der Waals surface area contributed by atoms with Gasteiger partial charge in [-0.15, -0.1) is 12.4 Å². The summed E-state index contributed by atoms with van der Waals surface area (Å²) in [7, 11) is 0. The van der Waals surface area contributed by atoms with Crippen molar-refractivity contribution in [2.75, 3.05) is 13.1 Å². The van der Waals surface area contributed by atoms with Crippen LogP contribution in [0.1, 0.15) is 26.3 Å². The maximum Gasteiger partial charge on any atom is 0.225 e. The number of rotatable bonds is 3. The highest BCUT2D eigenvalue weighted by Crippen LogP contribution is 2.16. The number of amides is 1. The van der Waals surface area contributed by atoms with Crippen molar-refractivity contribution >= 4 is 18.3 Å². The van der Waals surface area contributed by atoms with Gasteiger partial charge in [-0.2, -0.15) is 0 Å². The van der Waals surface area contributed by atoms with Crippen molar-refractivity contribution < 1.29 is 9.18 Å². The normalized spacial score (nSPS) is 23.3. The fraction of sp³-hybridized carbons (Fsp3) is 0.562. The first kappa shape index (κ1) is 17.9. The minimum atomic E-state index is -0.228. The summed E-state index contributed by atoms with van der Waals surface area (Å²) in [5.41, 5.74) is 0.615. The van der Waals surface area contributed by atoms with Crippen LogP contribution in [-0.4, -0.2) is 36.0 Å². The van der Waals surface area contributed by atoms with Gasteiger partial charge >= 0.3 is 0 Å². The van der Waals surface area contributed by atoms with Gasteiger partial charge in [0, 0.05) is 31.1 Å². The Bertz CT molecular complexity index is 473. The molecule has 0 bridgehead atoms. The Kier molecular flexibility index (Phi) is 6.62. The Hall–Kier alpha value is -1.13. The largest absolute Gasteiger partial charge is 0.339 e. The lowest BCUT2D eigenvalue weighted by molar-refractivity contribution is -0.136. The van der Waals surface area contributed by atoms with E-state index in [1.807, 2.05) is 17.9 Å². The summed E-state index contributed by atoms with van der Waals surface area (Å²) in [5.74, 6) is -0.299. The van der Waals surface area contributed by atoms with Gasteiger partial charge in [-0.25, -0.2) is 4.39 Å². The molecule has 2 rings (SSSR count). The maximum absolute atomic E-state index is 13.6. The molecule has 1 aliphatic rings. The first-order valence-corrected chi connectivity index (χ1v) is 7.25. The number of nitrogens with one attached hydrogen (secondary N) is 1. The van der Waals surface area contributed by atoms with Crippen LogP contribution in [0, 0.1) is 11.7 Å². The first-order chi connectivity index (χ1) is 9.47. The summed E-state index contributed by atoms with van der Waals surface area (Å²) < 4.78 is 13.6. The Morgan fingerprint density at radius 1 is 1.33 bits per heavy atom. The van der Waals surface area contributed by atoms with E-state index in [0.29, 0.717) is 24.1 Å². The molecule has 0 aromatic heterocycles. The summed E-state index contributed by atoms with van der Waals surface area (Å²) >= 11 is 0. The second-order valence-electron chi connectivity index (χ2n) is 5.91. The molecule has 1 saturated heterocycles. The molecule has 3 nitrogen and oxygen atoms in total. The zero-order chi connectivity index (χ0) is 14.7. The molecule has 0 aliphatic carbocycles. The number of halogens is 2. The van der Waals surface area contributed by atoms with Crippen molar-refractivity contribution in [2.24, 2.45) is 5.92 Å². The summed E-state index contributed by atoms with van der Waals surface area (Å²) in [6.45, 7) is 7.50. The number of carbonyl (C=O) groups excluding carboxylic acids is 1. The minimum absolute atomic E-state index is 0. The zero-order valence-electron chi connectivity index (χ0n) is 12.8. The smallest absolute Gasteiger partial charge is 0.225 e. The van der Waals surface area contributed by atoms with Gasteiger partial charge in [-0.05, 0) is 31.9 Å². The number of piperazine rings is 1. The van der Waals surface area contributed by atoms with E-state index in [0.717, 1.165) is 13.1 Å². The van der Waals surface area contributed by atoms with Gasteiger partial charge in [-0.1, -0.05) is 25.1 Å². The fourth-order valence-corrected chi connectivity index (χ4v) is 2.90. The van der Waals surface area contributed by atoms with Crippen LogP contribution >= 0.6 is 12.4 Å². The molecule has 0 spiro atoms. The van der Waals surface area contributed by atoms with E-state index >= 15 is 0 Å². The van der Waals surface area contributed by atoms with Crippen LogP contribution in [0.3, 0.4) is 0 Å². The van der Waals surface area contributed by atoms with Crippen LogP contribution in [-0.2, 0) is 11.2 Å². The van der Waals surface area contributed by atoms with Gasteiger partial charge in [0.05, 0.1) is 0 Å². The topological polar surface area (TPSA) is 32.3 Å². The van der Waals surface area contributed by atoms with Crippen molar-refractivity contribution in [3.8, 4) is 0 Å². The van der Waals surface area contributed by atoms with Crippen molar-refractivity contribution in [1.29, 1.82) is 0 Å². The van der Waals surface area contributed by atoms with E-state index in [1.165, 1.54) is 6.07 Å². The summed E-state index contributed by atoms with van der Waals surface area (Å²) in [6.07, 6.45) is 0.457. The molecule has 1 aromatic rings. The molecule has 1 N–H and O–H groups in total. The molecule has 5 heteroatoms. The van der Waals surface area contributed by atoms with Crippen molar-refractivity contribution in [3.05, 3.63) is 35.6 Å². The molecule has 1 amide bonds. The van der Waals surface area contributed by atoms with Gasteiger partial charge in [-0.3, -0.25) is 4.79 Å². The average molecular weight is 315 g/mol. The van der Waals surface area contributed by atoms with Crippen LogP contribution < -0.4 is 5.32 Å². The third-order valence-electron chi connectivity index (χ3n) is 3.77. The van der Waals surface area contributed by atoms with Crippen LogP contribution in [0.4, 0.5) is 4.39 Å². The monoisotopic (exact) mass is 314 g/mol. The van der Waals surface area contributed by atoms with Crippen LogP contribution in [0.5, 0.6) is 0 Å². The predicted molar refractivity (Wildman–Crippen MR) is 85.2 cm³/mol. The van der Waals surface area contributed by atoms with Crippen molar-refractivity contribution in [1.82, 2.24) is 10.2 Å². The molecule has 3 atom stereocenters. The molecular formula is C16H24ClFN2O. The number of nitrogens with zero attached hydrogens (tertiary/aromatic N) is 1. The second-order valence-corrected chi connectivity index (χ2v) is 5.91. The maximum atomic E-state index is 13.6. The van der Waals surface area contributed by atoms with Gasteiger partial charge in [0.15, 0.2) is 0 Å². The molecule has 21 heavy (non-hydrogen) atoms. The lowest BCUT2D eigenvalue weighted by Gasteiger charge is -2.37. The second kappa shape index (κ2) is 7.76. The average Bonchev–Trinajstić information content (AvgIpc) is 2.39. The third-order valence-corrected chi connectivity index (χ3v) is 3.77. The number of hydrogen-bond donors (Lipinski definition) is 1. The highest BCUT2D eigenvalue weighted by molar-refractivity contribution is 5.85. The molecule has 0 radical (unpaired) electrons. The predicted octanol–water partition coefficient (Wildman–Crippen LogP) is 2.63. The lowest BCUT2D eigenvalue weighted by atomic mass is 9.98. The number of carbonyl (C=O) groups is 1. The summed E-state index contributed by atoms with van der Waals surface area (Å²) in [6, 6.07) is 7.30. The molecule has 1 fully saturated rings. The van der Waals surface area contributed by atoms with E-state index < -0.39 is 0 Å². The molecule has 3 unspecified atom stereocenters. The van der Waals surface area contributed by atoms with Crippen molar-refractivity contribution in [3.63, 3.8) is 0 Å². The molecular weight excluding hydrogens is 291 g/mol. The Morgan fingerprint density at radius 2 is 1.90 bits per heavy atom. The Morgan fingerprint density at radius 3 is 2.48 bits per heavy atom. The summed E-state index contributed by atoms with van der Waals surface area (Å²) in [5, 5.41) is 3.41. The van der Waals surface area contributed by atoms with E-state index in [2.05, 4.69) is 19.2 Å². The van der Waals surface area contributed by atoms with E-state index in [-0.39, 0.29) is 30.0 Å². The quantitative estimate of drug-likeness (QED) is 0.930. The molecule has 1 aromatic carbocycles. The SMILES string of the molecule is CC1CN(C(=O)C(C)Cc2ccccc2F)CC(C)N1.Cl. The fourth-order valence-electron chi connectivity index (χ4n) is 2.90. The van der Waals surface area contributed by atoms with E-state index in [9.17, 15) is 9.18 Å². The molecule has 1 aliphatic heterocycles. The first-order valence-electron chi connectivity index (χ1n) is 7.25. The van der Waals surface area contributed by atoms with Gasteiger partial charge < -0.3 is 10.2 Å². The summed E-state index contributed by atoms with van der Waals surface area (Å²) in [4.78, 5) is 14.4. The standard InChI is InChI=1S/C16H23FN2O.ClH/c1-11(8-14-6-4-5-7-15(14)17)16(20)19-9-12(2)18-13(3)10-19;/h4-7,11-13,18H,8-10H2,1-3H3;1H. The number of hydrogen-bond acceptors (Lipinski definition) is 2. The van der Waals surface area contributed by atoms with E-state index in [1.54, 1.807) is 12.1 Å².